The molecular formula is C15H18N2OS. The number of hydrogen-bond donors (Lipinski definition) is 1. The Balaban J connectivity index is 1.59. The number of hydrogen-bond acceptors (Lipinski definition) is 4. The Bertz CT molecular complexity index is 526. The zero-order valence-electron chi connectivity index (χ0n) is 10.9. The van der Waals surface area contributed by atoms with Gasteiger partial charge in [0.25, 0.3) is 0 Å². The third-order valence-electron chi connectivity index (χ3n) is 3.36. The molecule has 0 saturated heterocycles. The van der Waals surface area contributed by atoms with E-state index in [-0.39, 0.29) is 0 Å². The molecule has 1 aliphatic carbocycles. The maximum atomic E-state index is 5.78. The van der Waals surface area contributed by atoms with Crippen molar-refractivity contribution >= 4 is 11.3 Å². The third kappa shape index (κ3) is 2.96. The highest BCUT2D eigenvalue weighted by atomic mass is 32.1. The van der Waals surface area contributed by atoms with E-state index < -0.39 is 0 Å². The van der Waals surface area contributed by atoms with Gasteiger partial charge in [0.15, 0.2) is 0 Å². The highest BCUT2D eigenvalue weighted by Gasteiger charge is 2.16. The van der Waals surface area contributed by atoms with Crippen molar-refractivity contribution in [1.29, 1.82) is 0 Å². The Labute approximate surface area is 117 Å². The Morgan fingerprint density at radius 2 is 2.05 bits per heavy atom. The molecule has 3 nitrogen and oxygen atoms in total. The van der Waals surface area contributed by atoms with E-state index in [1.807, 2.05) is 12.1 Å². The smallest absolute Gasteiger partial charge is 0.140 e. The van der Waals surface area contributed by atoms with Gasteiger partial charge in [0.05, 0.1) is 5.69 Å². The van der Waals surface area contributed by atoms with Gasteiger partial charge in [0, 0.05) is 4.88 Å². The predicted molar refractivity (Wildman–Crippen MR) is 77.7 cm³/mol. The number of nitrogens with two attached hydrogens (primary N) is 1. The van der Waals surface area contributed by atoms with Crippen molar-refractivity contribution in [3.05, 3.63) is 45.4 Å². The first-order valence-electron chi connectivity index (χ1n) is 6.74. The van der Waals surface area contributed by atoms with Crippen LogP contribution in [0.25, 0.3) is 0 Å². The average Bonchev–Trinajstić information content (AvgIpc) is 2.99. The molecule has 0 fully saturated rings. The van der Waals surface area contributed by atoms with Crippen molar-refractivity contribution < 1.29 is 4.74 Å². The van der Waals surface area contributed by atoms with E-state index in [1.54, 1.807) is 11.3 Å². The van der Waals surface area contributed by atoms with Crippen LogP contribution < -0.4 is 10.5 Å². The molecule has 1 heterocycles. The lowest BCUT2D eigenvalue weighted by Crippen LogP contribution is -2.02. The van der Waals surface area contributed by atoms with Crippen molar-refractivity contribution in [3.8, 4) is 5.75 Å². The summed E-state index contributed by atoms with van der Waals surface area (Å²) in [7, 11) is 0. The first-order chi connectivity index (χ1) is 9.35. The van der Waals surface area contributed by atoms with Gasteiger partial charge in [-0.2, -0.15) is 0 Å². The van der Waals surface area contributed by atoms with E-state index in [0.717, 1.165) is 23.6 Å². The highest BCUT2D eigenvalue weighted by molar-refractivity contribution is 7.11. The number of aromatic nitrogens is 1. The molecular weight excluding hydrogens is 256 g/mol. The van der Waals surface area contributed by atoms with E-state index in [1.165, 1.54) is 29.0 Å². The van der Waals surface area contributed by atoms with Crippen LogP contribution in [0.4, 0.5) is 0 Å². The fourth-order valence-corrected chi connectivity index (χ4v) is 3.44. The predicted octanol–water partition coefficient (Wildman–Crippen LogP) is 2.71. The number of ether oxygens (including phenoxy) is 1. The van der Waals surface area contributed by atoms with Gasteiger partial charge < -0.3 is 10.5 Å². The number of rotatable bonds is 5. The van der Waals surface area contributed by atoms with Crippen molar-refractivity contribution in [2.75, 3.05) is 6.54 Å². The molecule has 0 unspecified atom stereocenters. The van der Waals surface area contributed by atoms with Crippen LogP contribution in [0.2, 0.25) is 0 Å². The second-order valence-corrected chi connectivity index (χ2v) is 5.97. The molecule has 2 N–H and O–H groups in total. The molecule has 0 radical (unpaired) electrons. The van der Waals surface area contributed by atoms with E-state index in [2.05, 4.69) is 17.1 Å². The summed E-state index contributed by atoms with van der Waals surface area (Å²) in [6.07, 6.45) is 4.51. The van der Waals surface area contributed by atoms with Crippen molar-refractivity contribution in [2.24, 2.45) is 5.73 Å². The van der Waals surface area contributed by atoms with Crippen molar-refractivity contribution in [1.82, 2.24) is 4.98 Å². The molecule has 1 aromatic carbocycles. The van der Waals surface area contributed by atoms with Gasteiger partial charge in [-0.25, -0.2) is 4.98 Å². The maximum Gasteiger partial charge on any atom is 0.140 e. The van der Waals surface area contributed by atoms with Crippen LogP contribution in [0.15, 0.2) is 24.3 Å². The minimum absolute atomic E-state index is 0.577. The molecule has 0 atom stereocenters. The topological polar surface area (TPSA) is 48.1 Å². The van der Waals surface area contributed by atoms with Gasteiger partial charge in [-0.05, 0) is 49.9 Å². The Morgan fingerprint density at radius 1 is 1.21 bits per heavy atom. The molecule has 100 valence electrons. The van der Waals surface area contributed by atoms with Crippen LogP contribution in [0.1, 0.15) is 27.6 Å². The summed E-state index contributed by atoms with van der Waals surface area (Å²) in [5, 5.41) is 1.09. The lowest BCUT2D eigenvalue weighted by molar-refractivity contribution is 0.305. The molecule has 0 amide bonds. The largest absolute Gasteiger partial charge is 0.486 e. The first-order valence-corrected chi connectivity index (χ1v) is 7.56. The van der Waals surface area contributed by atoms with Gasteiger partial charge >= 0.3 is 0 Å². The van der Waals surface area contributed by atoms with Gasteiger partial charge in [0.1, 0.15) is 17.4 Å². The van der Waals surface area contributed by atoms with Gasteiger partial charge in [-0.1, -0.05) is 12.1 Å². The summed E-state index contributed by atoms with van der Waals surface area (Å²) in [6, 6.07) is 8.16. The Morgan fingerprint density at radius 3 is 2.79 bits per heavy atom. The lowest BCUT2D eigenvalue weighted by Gasteiger charge is -2.05. The van der Waals surface area contributed by atoms with E-state index in [4.69, 9.17) is 10.5 Å². The summed E-state index contributed by atoms with van der Waals surface area (Å²) in [4.78, 5) is 6.09. The number of nitrogens with zero attached hydrogens (tertiary/aromatic N) is 1. The Kier molecular flexibility index (Phi) is 3.80. The zero-order valence-corrected chi connectivity index (χ0v) is 11.7. The lowest BCUT2D eigenvalue weighted by atomic mass is 10.1. The van der Waals surface area contributed by atoms with Crippen molar-refractivity contribution in [3.63, 3.8) is 0 Å². The minimum atomic E-state index is 0.577. The molecule has 0 aliphatic heterocycles. The molecule has 4 heteroatoms. The molecule has 1 aliphatic rings. The van der Waals surface area contributed by atoms with Gasteiger partial charge in [-0.3, -0.25) is 0 Å². The van der Waals surface area contributed by atoms with Crippen LogP contribution in [-0.2, 0) is 25.9 Å². The van der Waals surface area contributed by atoms with Gasteiger partial charge in [-0.15, -0.1) is 11.3 Å². The number of fused-ring (bicyclic) bond motifs is 1. The molecule has 1 aromatic heterocycles. The maximum absolute atomic E-state index is 5.78. The molecule has 2 aromatic rings. The summed E-state index contributed by atoms with van der Waals surface area (Å²) in [5.41, 5.74) is 8.08. The fraction of sp³-hybridized carbons (Fsp3) is 0.400. The van der Waals surface area contributed by atoms with Gasteiger partial charge in [0.2, 0.25) is 0 Å². The number of aryl methyl sites for hydroxylation is 2. The van der Waals surface area contributed by atoms with Crippen LogP contribution >= 0.6 is 11.3 Å². The van der Waals surface area contributed by atoms with Crippen molar-refractivity contribution in [2.45, 2.75) is 32.3 Å². The second-order valence-electron chi connectivity index (χ2n) is 4.80. The molecule has 19 heavy (non-hydrogen) atoms. The molecule has 0 spiro atoms. The van der Waals surface area contributed by atoms with E-state index >= 15 is 0 Å². The van der Waals surface area contributed by atoms with E-state index in [0.29, 0.717) is 13.2 Å². The van der Waals surface area contributed by atoms with Crippen LogP contribution in [0, 0.1) is 0 Å². The quantitative estimate of drug-likeness (QED) is 0.912. The number of thiazole rings is 1. The number of benzene rings is 1. The summed E-state index contributed by atoms with van der Waals surface area (Å²) in [5.74, 6) is 0.899. The SMILES string of the molecule is NCCc1ccc(OCc2nc3c(s2)CCC3)cc1. The van der Waals surface area contributed by atoms with Crippen LogP contribution in [0.5, 0.6) is 5.75 Å². The standard InChI is InChI=1S/C15H18N2OS/c16-9-8-11-4-6-12(7-5-11)18-10-15-17-13-2-1-3-14(13)19-15/h4-7H,1-3,8-10,16H2. The van der Waals surface area contributed by atoms with Crippen LogP contribution in [-0.4, -0.2) is 11.5 Å². The second kappa shape index (κ2) is 5.72. The molecule has 0 bridgehead atoms. The summed E-state index contributed by atoms with van der Waals surface area (Å²) < 4.78 is 5.78. The first kappa shape index (κ1) is 12.6. The summed E-state index contributed by atoms with van der Waals surface area (Å²) >= 11 is 1.80. The highest BCUT2D eigenvalue weighted by Crippen LogP contribution is 2.28. The van der Waals surface area contributed by atoms with E-state index in [9.17, 15) is 0 Å². The Hall–Kier alpha value is -1.39. The third-order valence-corrected chi connectivity index (χ3v) is 4.49. The zero-order chi connectivity index (χ0) is 13.1. The normalized spacial score (nSPS) is 13.5. The van der Waals surface area contributed by atoms with Crippen LogP contribution in [0.3, 0.4) is 0 Å². The fourth-order valence-electron chi connectivity index (χ4n) is 2.37. The summed E-state index contributed by atoms with van der Waals surface area (Å²) in [6.45, 7) is 1.26. The monoisotopic (exact) mass is 274 g/mol. The average molecular weight is 274 g/mol. The molecule has 3 rings (SSSR count). The molecule has 0 saturated carbocycles. The minimum Gasteiger partial charge on any atom is -0.486 e.